The molecular weight excluding hydrogens is 302 g/mol. The van der Waals surface area contributed by atoms with Crippen LogP contribution in [0, 0.1) is 0 Å². The third-order valence-corrected chi connectivity index (χ3v) is 3.96. The number of fused-ring (bicyclic) bond motifs is 1. The van der Waals surface area contributed by atoms with Gasteiger partial charge in [0.15, 0.2) is 5.01 Å². The zero-order valence-corrected chi connectivity index (χ0v) is 12.4. The number of phenols is 1. The Morgan fingerprint density at radius 1 is 1.14 bits per heavy atom. The summed E-state index contributed by atoms with van der Waals surface area (Å²) in [6.45, 7) is 1.32. The molecule has 0 saturated heterocycles. The summed E-state index contributed by atoms with van der Waals surface area (Å²) in [6.07, 6.45) is 0. The minimum atomic E-state index is -0.412. The first kappa shape index (κ1) is 14.2. The number of rotatable bonds is 3. The number of nitrogens with zero attached hydrogens (tertiary/aromatic N) is 1. The molecule has 1 aromatic heterocycles. The summed E-state index contributed by atoms with van der Waals surface area (Å²) >= 11 is 1.22. The summed E-state index contributed by atoms with van der Waals surface area (Å²) in [6, 6.07) is 11.1. The van der Waals surface area contributed by atoms with Crippen LogP contribution in [0.4, 0.5) is 0 Å². The van der Waals surface area contributed by atoms with Crippen molar-refractivity contribution < 1.29 is 19.4 Å². The lowest BCUT2D eigenvalue weighted by Crippen LogP contribution is -2.03. The van der Waals surface area contributed by atoms with Crippen molar-refractivity contribution in [1.29, 1.82) is 0 Å². The minimum absolute atomic E-state index is 0.140. The van der Waals surface area contributed by atoms with Crippen LogP contribution in [0.3, 0.4) is 0 Å². The molecule has 1 heterocycles. The van der Waals surface area contributed by atoms with E-state index < -0.39 is 5.97 Å². The quantitative estimate of drug-likeness (QED) is 0.456. The van der Waals surface area contributed by atoms with Crippen molar-refractivity contribution in [2.24, 2.45) is 0 Å². The van der Waals surface area contributed by atoms with Gasteiger partial charge in [-0.25, -0.2) is 4.98 Å². The number of benzene rings is 2. The topological polar surface area (TPSA) is 76.5 Å². The van der Waals surface area contributed by atoms with Crippen molar-refractivity contribution in [3.8, 4) is 11.5 Å². The van der Waals surface area contributed by atoms with Crippen LogP contribution in [0.2, 0.25) is 0 Å². The lowest BCUT2D eigenvalue weighted by atomic mass is 10.1. The molecule has 22 heavy (non-hydrogen) atoms. The Kier molecular flexibility index (Phi) is 3.60. The van der Waals surface area contributed by atoms with Crippen molar-refractivity contribution in [3.63, 3.8) is 0 Å². The molecule has 0 atom stereocenters. The zero-order valence-electron chi connectivity index (χ0n) is 11.6. The Balaban J connectivity index is 1.90. The summed E-state index contributed by atoms with van der Waals surface area (Å²) in [5, 5.41) is 9.80. The van der Waals surface area contributed by atoms with Crippen LogP contribution in [0.15, 0.2) is 42.5 Å². The Morgan fingerprint density at radius 3 is 2.55 bits per heavy atom. The molecule has 0 spiro atoms. The molecule has 110 valence electrons. The van der Waals surface area contributed by atoms with E-state index in [-0.39, 0.29) is 11.5 Å². The first-order valence-electron chi connectivity index (χ1n) is 6.45. The number of ketones is 1. The maximum Gasteiger partial charge on any atom is 0.308 e. The summed E-state index contributed by atoms with van der Waals surface area (Å²) in [5.74, 6) is -0.0979. The molecule has 0 saturated carbocycles. The second-order valence-corrected chi connectivity index (χ2v) is 5.65. The van der Waals surface area contributed by atoms with Gasteiger partial charge in [-0.3, -0.25) is 9.59 Å². The predicted molar refractivity (Wildman–Crippen MR) is 82.5 cm³/mol. The number of carbonyl (C=O) groups is 2. The number of hydrogen-bond donors (Lipinski definition) is 1. The third-order valence-electron chi connectivity index (χ3n) is 2.94. The first-order valence-corrected chi connectivity index (χ1v) is 7.27. The summed E-state index contributed by atoms with van der Waals surface area (Å²) in [4.78, 5) is 27.5. The van der Waals surface area contributed by atoms with Gasteiger partial charge in [-0.05, 0) is 42.5 Å². The molecule has 6 heteroatoms. The standard InChI is InChI=1S/C16H11NO4S/c1-9(18)21-12-5-2-10(3-6-12)15(20)16-17-13-7-4-11(19)8-14(13)22-16/h2-8,19H,1H3. The number of thiazole rings is 1. The highest BCUT2D eigenvalue weighted by Gasteiger charge is 2.15. The summed E-state index contributed by atoms with van der Waals surface area (Å²) in [7, 11) is 0. The molecule has 0 radical (unpaired) electrons. The van der Waals surface area contributed by atoms with Gasteiger partial charge in [-0.2, -0.15) is 0 Å². The maximum absolute atomic E-state index is 12.4. The Hall–Kier alpha value is -2.73. The smallest absolute Gasteiger partial charge is 0.308 e. The molecular formula is C16H11NO4S. The maximum atomic E-state index is 12.4. The largest absolute Gasteiger partial charge is 0.508 e. The molecule has 0 bridgehead atoms. The van der Waals surface area contributed by atoms with E-state index in [1.165, 1.54) is 24.3 Å². The van der Waals surface area contributed by atoms with Gasteiger partial charge in [0.05, 0.1) is 10.2 Å². The second kappa shape index (κ2) is 5.57. The summed E-state index contributed by atoms with van der Waals surface area (Å²) < 4.78 is 5.67. The molecule has 0 fully saturated rings. The van der Waals surface area contributed by atoms with E-state index in [9.17, 15) is 14.7 Å². The highest BCUT2D eigenvalue weighted by Crippen LogP contribution is 2.27. The second-order valence-electron chi connectivity index (χ2n) is 4.62. The number of aromatic hydroxyl groups is 1. The number of carbonyl (C=O) groups excluding carboxylic acids is 2. The van der Waals surface area contributed by atoms with Crippen LogP contribution >= 0.6 is 11.3 Å². The Morgan fingerprint density at radius 2 is 1.86 bits per heavy atom. The van der Waals surface area contributed by atoms with Crippen LogP contribution in [0.1, 0.15) is 22.3 Å². The molecule has 2 aromatic carbocycles. The lowest BCUT2D eigenvalue weighted by Gasteiger charge is -2.01. The Labute approximate surface area is 129 Å². The van der Waals surface area contributed by atoms with Gasteiger partial charge in [0.1, 0.15) is 11.5 Å². The van der Waals surface area contributed by atoms with Gasteiger partial charge in [0.2, 0.25) is 5.78 Å². The number of esters is 1. The highest BCUT2D eigenvalue weighted by molar-refractivity contribution is 7.20. The van der Waals surface area contributed by atoms with Crippen LogP contribution in [-0.4, -0.2) is 21.8 Å². The molecule has 0 amide bonds. The van der Waals surface area contributed by atoms with E-state index >= 15 is 0 Å². The van der Waals surface area contributed by atoms with E-state index in [0.29, 0.717) is 21.8 Å². The molecule has 0 aliphatic rings. The molecule has 0 unspecified atom stereocenters. The van der Waals surface area contributed by atoms with Crippen molar-refractivity contribution in [3.05, 3.63) is 53.0 Å². The van der Waals surface area contributed by atoms with E-state index in [1.54, 1.807) is 36.4 Å². The van der Waals surface area contributed by atoms with E-state index in [4.69, 9.17) is 4.74 Å². The zero-order chi connectivity index (χ0) is 15.7. The minimum Gasteiger partial charge on any atom is -0.508 e. The third kappa shape index (κ3) is 2.82. The fourth-order valence-corrected chi connectivity index (χ4v) is 2.93. The predicted octanol–water partition coefficient (Wildman–Crippen LogP) is 3.16. The van der Waals surface area contributed by atoms with Crippen molar-refractivity contribution >= 4 is 33.3 Å². The van der Waals surface area contributed by atoms with E-state index in [2.05, 4.69) is 4.98 Å². The number of ether oxygens (including phenoxy) is 1. The first-order chi connectivity index (χ1) is 10.5. The van der Waals surface area contributed by atoms with Crippen molar-refractivity contribution in [1.82, 2.24) is 4.98 Å². The van der Waals surface area contributed by atoms with Gasteiger partial charge >= 0.3 is 5.97 Å². The monoisotopic (exact) mass is 313 g/mol. The number of hydrogen-bond acceptors (Lipinski definition) is 6. The van der Waals surface area contributed by atoms with Gasteiger partial charge in [0, 0.05) is 12.5 Å². The highest BCUT2D eigenvalue weighted by atomic mass is 32.1. The SMILES string of the molecule is CC(=O)Oc1ccc(C(=O)c2nc3ccc(O)cc3s2)cc1. The average Bonchev–Trinajstić information content (AvgIpc) is 2.89. The molecule has 0 aliphatic heterocycles. The van der Waals surface area contributed by atoms with Gasteiger partial charge in [-0.1, -0.05) is 0 Å². The molecule has 1 N–H and O–H groups in total. The molecule has 3 aromatic rings. The van der Waals surface area contributed by atoms with Gasteiger partial charge in [-0.15, -0.1) is 11.3 Å². The molecule has 0 aliphatic carbocycles. The lowest BCUT2D eigenvalue weighted by molar-refractivity contribution is -0.131. The van der Waals surface area contributed by atoms with E-state index in [1.807, 2.05) is 0 Å². The van der Waals surface area contributed by atoms with Crippen LogP contribution < -0.4 is 4.74 Å². The number of aromatic nitrogens is 1. The fourth-order valence-electron chi connectivity index (χ4n) is 1.97. The van der Waals surface area contributed by atoms with Crippen LogP contribution in [-0.2, 0) is 4.79 Å². The van der Waals surface area contributed by atoms with Crippen molar-refractivity contribution in [2.45, 2.75) is 6.92 Å². The normalized spacial score (nSPS) is 10.6. The van der Waals surface area contributed by atoms with Gasteiger partial charge in [0.25, 0.3) is 0 Å². The average molecular weight is 313 g/mol. The van der Waals surface area contributed by atoms with Crippen LogP contribution in [0.25, 0.3) is 10.2 Å². The van der Waals surface area contributed by atoms with Crippen LogP contribution in [0.5, 0.6) is 11.5 Å². The number of phenolic OH excluding ortho intramolecular Hbond substituents is 1. The molecule has 3 rings (SSSR count). The Bertz CT molecular complexity index is 867. The molecule has 5 nitrogen and oxygen atoms in total. The van der Waals surface area contributed by atoms with Gasteiger partial charge < -0.3 is 9.84 Å². The van der Waals surface area contributed by atoms with E-state index in [0.717, 1.165) is 4.70 Å². The van der Waals surface area contributed by atoms with Crippen molar-refractivity contribution in [2.75, 3.05) is 0 Å². The summed E-state index contributed by atoms with van der Waals surface area (Å²) in [5.41, 5.74) is 1.13. The fraction of sp³-hybridized carbons (Fsp3) is 0.0625.